The molecule has 1 atom stereocenters. The Morgan fingerprint density at radius 2 is 1.93 bits per heavy atom. The minimum Gasteiger partial charge on any atom is -0.496 e. The molecule has 1 saturated heterocycles. The number of benzene rings is 2. The van der Waals surface area contributed by atoms with Gasteiger partial charge in [-0.2, -0.15) is 0 Å². The number of methoxy groups -OCH3 is 1. The second kappa shape index (κ2) is 7.54. The molecule has 5 nitrogen and oxygen atoms in total. The Kier molecular flexibility index (Phi) is 4.74. The summed E-state index contributed by atoms with van der Waals surface area (Å²) in [6.07, 6.45) is 6.32. The molecule has 3 aromatic rings. The lowest BCUT2D eigenvalue weighted by atomic mass is 10.0. The molecule has 0 bridgehead atoms. The molecule has 5 heteroatoms. The number of nitrogens with zero attached hydrogens (tertiary/aromatic N) is 2. The van der Waals surface area contributed by atoms with Crippen LogP contribution in [0.4, 0.5) is 0 Å². The molecule has 1 aliphatic heterocycles. The van der Waals surface area contributed by atoms with E-state index in [0.29, 0.717) is 11.8 Å². The molecule has 2 fully saturated rings. The molecule has 29 heavy (non-hydrogen) atoms. The lowest BCUT2D eigenvalue weighted by Gasteiger charge is -2.25. The van der Waals surface area contributed by atoms with Crippen molar-refractivity contribution in [3.63, 3.8) is 0 Å². The molecule has 1 saturated carbocycles. The number of fused-ring (bicyclic) bond motifs is 1. The normalized spacial score (nSPS) is 19.9. The van der Waals surface area contributed by atoms with E-state index >= 15 is 0 Å². The highest BCUT2D eigenvalue weighted by atomic mass is 16.5. The SMILES string of the molecule is COc1ccccc1-c1ccc2oc([C@@H]3CCCN3C(=O)C3CCCC3)nc2c1. The van der Waals surface area contributed by atoms with E-state index in [1.807, 2.05) is 47.4 Å². The van der Waals surface area contributed by atoms with Crippen molar-refractivity contribution >= 4 is 17.0 Å². The number of ether oxygens (including phenoxy) is 1. The smallest absolute Gasteiger partial charge is 0.226 e. The maximum absolute atomic E-state index is 13.0. The number of hydrogen-bond donors (Lipinski definition) is 0. The van der Waals surface area contributed by atoms with E-state index in [-0.39, 0.29) is 12.0 Å². The number of para-hydroxylation sites is 1. The Labute approximate surface area is 170 Å². The average Bonchev–Trinajstić information content (AvgIpc) is 3.52. The zero-order valence-corrected chi connectivity index (χ0v) is 16.8. The first-order valence-electron chi connectivity index (χ1n) is 10.6. The molecule has 2 aliphatic rings. The van der Waals surface area contributed by atoms with E-state index in [2.05, 4.69) is 0 Å². The molecule has 1 aliphatic carbocycles. The summed E-state index contributed by atoms with van der Waals surface area (Å²) in [6, 6.07) is 14.0. The number of oxazole rings is 1. The second-order valence-electron chi connectivity index (χ2n) is 8.11. The third-order valence-corrected chi connectivity index (χ3v) is 6.35. The van der Waals surface area contributed by atoms with Crippen LogP contribution >= 0.6 is 0 Å². The van der Waals surface area contributed by atoms with Crippen molar-refractivity contribution in [2.75, 3.05) is 13.7 Å². The van der Waals surface area contributed by atoms with Crippen molar-refractivity contribution in [3.05, 3.63) is 48.4 Å². The Balaban J connectivity index is 1.46. The molecule has 0 unspecified atom stereocenters. The first-order valence-corrected chi connectivity index (χ1v) is 10.6. The summed E-state index contributed by atoms with van der Waals surface area (Å²) in [5.41, 5.74) is 3.66. The fraction of sp³-hybridized carbons (Fsp3) is 0.417. The Hall–Kier alpha value is -2.82. The summed E-state index contributed by atoms with van der Waals surface area (Å²) in [5.74, 6) is 1.99. The minimum atomic E-state index is -0.0368. The second-order valence-corrected chi connectivity index (χ2v) is 8.11. The van der Waals surface area contributed by atoms with Gasteiger partial charge in [-0.05, 0) is 49.4 Å². The number of likely N-dealkylation sites (tertiary alicyclic amines) is 1. The summed E-state index contributed by atoms with van der Waals surface area (Å²) in [7, 11) is 1.68. The van der Waals surface area contributed by atoms with Gasteiger partial charge in [-0.3, -0.25) is 4.79 Å². The van der Waals surface area contributed by atoms with Gasteiger partial charge >= 0.3 is 0 Å². The molecule has 1 aromatic heterocycles. The van der Waals surface area contributed by atoms with Gasteiger partial charge in [-0.1, -0.05) is 37.1 Å². The topological polar surface area (TPSA) is 55.6 Å². The van der Waals surface area contributed by atoms with Crippen molar-refractivity contribution in [3.8, 4) is 16.9 Å². The molecular formula is C24H26N2O3. The van der Waals surface area contributed by atoms with Gasteiger partial charge < -0.3 is 14.1 Å². The minimum absolute atomic E-state index is 0.0368. The zero-order valence-electron chi connectivity index (χ0n) is 16.8. The van der Waals surface area contributed by atoms with Crippen LogP contribution in [-0.4, -0.2) is 29.4 Å². The molecule has 0 radical (unpaired) electrons. The molecule has 2 heterocycles. The van der Waals surface area contributed by atoms with Crippen LogP contribution in [0.1, 0.15) is 50.5 Å². The lowest BCUT2D eigenvalue weighted by molar-refractivity contribution is -0.136. The van der Waals surface area contributed by atoms with Gasteiger partial charge in [-0.25, -0.2) is 4.98 Å². The average molecular weight is 390 g/mol. The molecule has 1 amide bonds. The highest BCUT2D eigenvalue weighted by Crippen LogP contribution is 2.38. The summed E-state index contributed by atoms with van der Waals surface area (Å²) >= 11 is 0. The number of rotatable bonds is 4. The predicted octanol–water partition coefficient (Wildman–Crippen LogP) is 5.36. The fourth-order valence-electron chi connectivity index (χ4n) is 4.83. The van der Waals surface area contributed by atoms with E-state index in [4.69, 9.17) is 14.1 Å². The van der Waals surface area contributed by atoms with E-state index in [1.165, 1.54) is 12.8 Å². The number of carbonyl (C=O) groups is 1. The van der Waals surface area contributed by atoms with Gasteiger partial charge in [0.2, 0.25) is 11.8 Å². The van der Waals surface area contributed by atoms with Crippen molar-refractivity contribution in [1.82, 2.24) is 9.88 Å². The van der Waals surface area contributed by atoms with Gasteiger partial charge in [0.05, 0.1) is 7.11 Å². The van der Waals surface area contributed by atoms with E-state index in [9.17, 15) is 4.79 Å². The van der Waals surface area contributed by atoms with E-state index in [0.717, 1.165) is 60.2 Å². The molecule has 5 rings (SSSR count). The van der Waals surface area contributed by atoms with Gasteiger partial charge in [0, 0.05) is 18.0 Å². The maximum Gasteiger partial charge on any atom is 0.226 e. The first kappa shape index (κ1) is 18.2. The van der Waals surface area contributed by atoms with Crippen LogP contribution in [0.25, 0.3) is 22.2 Å². The van der Waals surface area contributed by atoms with Crippen LogP contribution in [0.15, 0.2) is 46.9 Å². The van der Waals surface area contributed by atoms with Crippen LogP contribution in [0.3, 0.4) is 0 Å². The van der Waals surface area contributed by atoms with Crippen molar-refractivity contribution < 1.29 is 13.9 Å². The third-order valence-electron chi connectivity index (χ3n) is 6.35. The van der Waals surface area contributed by atoms with E-state index in [1.54, 1.807) is 7.11 Å². The summed E-state index contributed by atoms with van der Waals surface area (Å²) in [6.45, 7) is 0.811. The maximum atomic E-state index is 13.0. The van der Waals surface area contributed by atoms with Crippen molar-refractivity contribution in [1.29, 1.82) is 0 Å². The third kappa shape index (κ3) is 3.28. The number of aromatic nitrogens is 1. The van der Waals surface area contributed by atoms with Gasteiger partial charge in [0.1, 0.15) is 17.3 Å². The number of carbonyl (C=O) groups excluding carboxylic acids is 1. The Morgan fingerprint density at radius 1 is 1.10 bits per heavy atom. The van der Waals surface area contributed by atoms with E-state index < -0.39 is 0 Å². The standard InChI is InChI=1S/C24H26N2O3/c1-28-21-11-5-4-9-18(21)17-12-13-22-19(15-17)25-23(29-22)20-10-6-14-26(20)24(27)16-7-2-3-8-16/h4-5,9,11-13,15-16,20H,2-3,6-8,10,14H2,1H3/t20-/m0/s1. The summed E-state index contributed by atoms with van der Waals surface area (Å²) in [4.78, 5) is 19.8. The number of amides is 1. The zero-order chi connectivity index (χ0) is 19.8. The quantitative estimate of drug-likeness (QED) is 0.602. The fourth-order valence-corrected chi connectivity index (χ4v) is 4.83. The highest BCUT2D eigenvalue weighted by Gasteiger charge is 2.37. The molecule has 0 N–H and O–H groups in total. The molecule has 2 aromatic carbocycles. The van der Waals surface area contributed by atoms with Crippen LogP contribution in [-0.2, 0) is 4.79 Å². The molecular weight excluding hydrogens is 364 g/mol. The van der Waals surface area contributed by atoms with Crippen LogP contribution in [0.2, 0.25) is 0 Å². The Bertz CT molecular complexity index is 1040. The number of hydrogen-bond acceptors (Lipinski definition) is 4. The highest BCUT2D eigenvalue weighted by molar-refractivity contribution is 5.83. The van der Waals surface area contributed by atoms with Gasteiger partial charge in [-0.15, -0.1) is 0 Å². The first-order chi connectivity index (χ1) is 14.2. The molecule has 0 spiro atoms. The summed E-state index contributed by atoms with van der Waals surface area (Å²) in [5, 5.41) is 0. The van der Waals surface area contributed by atoms with Crippen molar-refractivity contribution in [2.24, 2.45) is 5.92 Å². The lowest BCUT2D eigenvalue weighted by Crippen LogP contribution is -2.34. The largest absolute Gasteiger partial charge is 0.496 e. The van der Waals surface area contributed by atoms with Crippen molar-refractivity contribution in [2.45, 2.75) is 44.6 Å². The van der Waals surface area contributed by atoms with Gasteiger partial charge in [0.25, 0.3) is 0 Å². The van der Waals surface area contributed by atoms with Gasteiger partial charge in [0.15, 0.2) is 5.58 Å². The Morgan fingerprint density at radius 3 is 2.76 bits per heavy atom. The predicted molar refractivity (Wildman–Crippen MR) is 112 cm³/mol. The summed E-state index contributed by atoms with van der Waals surface area (Å²) < 4.78 is 11.6. The van der Waals surface area contributed by atoms with Crippen LogP contribution < -0.4 is 4.74 Å². The van der Waals surface area contributed by atoms with Crippen LogP contribution in [0, 0.1) is 5.92 Å². The molecule has 150 valence electrons. The monoisotopic (exact) mass is 390 g/mol. The van der Waals surface area contributed by atoms with Crippen LogP contribution in [0.5, 0.6) is 5.75 Å².